The number of pyridine rings is 2. The first-order valence-electron chi connectivity index (χ1n) is 12.0. The van der Waals surface area contributed by atoms with E-state index in [9.17, 15) is 4.79 Å². The molecule has 1 aliphatic heterocycles. The van der Waals surface area contributed by atoms with Gasteiger partial charge in [0.05, 0.1) is 22.3 Å². The second kappa shape index (κ2) is 8.88. The summed E-state index contributed by atoms with van der Waals surface area (Å²) in [5.41, 5.74) is 3.99. The average molecular weight is 474 g/mol. The topological polar surface area (TPSA) is 88.8 Å². The molecule has 0 spiro atoms. The fraction of sp³-hybridized carbons (Fsp3) is 0.400. The molecule has 1 aliphatic carbocycles. The standard InChI is InChI=1S/C25H27N7OS/c1-16-22-19(24(33)29-25-27-18(15-34-25)14-31-11-5-2-6-12-31)13-20(17-8-9-17)28-23(22)32(30-16)21-7-3-4-10-26-21/h3-4,7,10,13,15,17H,2,5-6,8-9,11-12,14H2,1H3,(H,27,29,33). The summed E-state index contributed by atoms with van der Waals surface area (Å²) >= 11 is 1.48. The Morgan fingerprint density at radius 2 is 2.03 bits per heavy atom. The number of aryl methyl sites for hydroxylation is 1. The van der Waals surface area contributed by atoms with E-state index in [0.29, 0.717) is 28.1 Å². The van der Waals surface area contributed by atoms with Crippen LogP contribution in [0.15, 0.2) is 35.8 Å². The van der Waals surface area contributed by atoms with Gasteiger partial charge in [-0.1, -0.05) is 12.5 Å². The maximum absolute atomic E-state index is 13.5. The quantitative estimate of drug-likeness (QED) is 0.437. The number of carbonyl (C=O) groups is 1. The number of nitrogens with zero attached hydrogens (tertiary/aromatic N) is 6. The molecule has 5 heterocycles. The van der Waals surface area contributed by atoms with Crippen molar-refractivity contribution >= 4 is 33.4 Å². The third kappa shape index (κ3) is 4.21. The van der Waals surface area contributed by atoms with Crippen molar-refractivity contribution in [2.45, 2.75) is 51.5 Å². The summed E-state index contributed by atoms with van der Waals surface area (Å²) in [6, 6.07) is 7.64. The minimum atomic E-state index is -0.170. The molecule has 0 unspecified atom stereocenters. The largest absolute Gasteiger partial charge is 0.298 e. The lowest BCUT2D eigenvalue weighted by atomic mass is 10.1. The zero-order valence-corrected chi connectivity index (χ0v) is 20.0. The molecule has 0 atom stereocenters. The van der Waals surface area contributed by atoms with Crippen LogP contribution in [0.5, 0.6) is 0 Å². The summed E-state index contributed by atoms with van der Waals surface area (Å²) in [7, 11) is 0. The van der Waals surface area contributed by atoms with Gasteiger partial charge in [0, 0.05) is 29.7 Å². The van der Waals surface area contributed by atoms with Crippen molar-refractivity contribution in [1.82, 2.24) is 29.6 Å². The zero-order chi connectivity index (χ0) is 23.1. The molecule has 174 valence electrons. The predicted molar refractivity (Wildman–Crippen MR) is 133 cm³/mol. The highest BCUT2D eigenvalue weighted by Gasteiger charge is 2.29. The molecule has 1 N–H and O–H groups in total. The number of hydrogen-bond donors (Lipinski definition) is 1. The molecule has 1 saturated heterocycles. The monoisotopic (exact) mass is 473 g/mol. The van der Waals surface area contributed by atoms with Crippen LogP contribution in [-0.4, -0.2) is 48.6 Å². The van der Waals surface area contributed by atoms with E-state index in [-0.39, 0.29) is 5.91 Å². The van der Waals surface area contributed by atoms with Crippen LogP contribution in [0, 0.1) is 6.92 Å². The molecular weight excluding hydrogens is 446 g/mol. The van der Waals surface area contributed by atoms with Crippen molar-refractivity contribution in [3.8, 4) is 5.82 Å². The number of thiazole rings is 1. The number of nitrogens with one attached hydrogen (secondary N) is 1. The van der Waals surface area contributed by atoms with Gasteiger partial charge in [0.1, 0.15) is 0 Å². The summed E-state index contributed by atoms with van der Waals surface area (Å²) in [5, 5.41) is 11.2. The number of carbonyl (C=O) groups excluding carboxylic acids is 1. The van der Waals surface area contributed by atoms with E-state index >= 15 is 0 Å². The third-order valence-corrected chi connectivity index (χ3v) is 7.35. The summed E-state index contributed by atoms with van der Waals surface area (Å²) in [4.78, 5) is 30.0. The first-order valence-corrected chi connectivity index (χ1v) is 12.8. The Bertz CT molecular complexity index is 1340. The maximum atomic E-state index is 13.5. The van der Waals surface area contributed by atoms with Crippen LogP contribution in [0.1, 0.15) is 65.5 Å². The van der Waals surface area contributed by atoms with Crippen molar-refractivity contribution < 1.29 is 4.79 Å². The van der Waals surface area contributed by atoms with Crippen molar-refractivity contribution in [3.63, 3.8) is 0 Å². The molecule has 0 bridgehead atoms. The number of fused-ring (bicyclic) bond motifs is 1. The summed E-state index contributed by atoms with van der Waals surface area (Å²) in [6.07, 6.45) is 7.75. The Balaban J connectivity index is 1.32. The fourth-order valence-electron chi connectivity index (χ4n) is 4.66. The van der Waals surface area contributed by atoms with Crippen molar-refractivity contribution in [2.75, 3.05) is 18.4 Å². The van der Waals surface area contributed by atoms with Gasteiger partial charge in [-0.3, -0.25) is 15.0 Å². The number of anilines is 1. The number of piperidine rings is 1. The Labute approximate surface area is 202 Å². The van der Waals surface area contributed by atoms with Crippen LogP contribution >= 0.6 is 11.3 Å². The summed E-state index contributed by atoms with van der Waals surface area (Å²) in [5.74, 6) is 0.922. The Hall–Kier alpha value is -3.17. The number of amides is 1. The van der Waals surface area contributed by atoms with Gasteiger partial charge in [-0.2, -0.15) is 9.78 Å². The van der Waals surface area contributed by atoms with E-state index in [4.69, 9.17) is 15.1 Å². The third-order valence-electron chi connectivity index (χ3n) is 6.55. The van der Waals surface area contributed by atoms with Gasteiger partial charge < -0.3 is 0 Å². The van der Waals surface area contributed by atoms with Crippen molar-refractivity contribution in [3.05, 3.63) is 58.5 Å². The molecule has 0 radical (unpaired) electrons. The highest BCUT2D eigenvalue weighted by Crippen LogP contribution is 2.40. The number of aromatic nitrogens is 5. The molecule has 2 fully saturated rings. The van der Waals surface area contributed by atoms with E-state index in [1.54, 1.807) is 10.9 Å². The van der Waals surface area contributed by atoms with Crippen LogP contribution in [0.25, 0.3) is 16.9 Å². The van der Waals surface area contributed by atoms with E-state index in [1.165, 1.54) is 30.6 Å². The molecule has 1 saturated carbocycles. The lowest BCUT2D eigenvalue weighted by molar-refractivity contribution is 0.102. The van der Waals surface area contributed by atoms with E-state index < -0.39 is 0 Å². The van der Waals surface area contributed by atoms with Gasteiger partial charge in [0.25, 0.3) is 5.91 Å². The Kier molecular flexibility index (Phi) is 5.58. The molecule has 34 heavy (non-hydrogen) atoms. The SMILES string of the molecule is Cc1nn(-c2ccccn2)c2nc(C3CC3)cc(C(=O)Nc3nc(CN4CCCCC4)cs3)c12. The number of likely N-dealkylation sites (tertiary alicyclic amines) is 1. The highest BCUT2D eigenvalue weighted by atomic mass is 32.1. The van der Waals surface area contributed by atoms with Crippen LogP contribution in [0.4, 0.5) is 5.13 Å². The molecule has 1 amide bonds. The molecule has 6 rings (SSSR count). The van der Waals surface area contributed by atoms with Crippen LogP contribution < -0.4 is 5.32 Å². The molecule has 4 aromatic rings. The zero-order valence-electron chi connectivity index (χ0n) is 19.2. The van der Waals surface area contributed by atoms with Crippen LogP contribution in [0.2, 0.25) is 0 Å². The molecule has 2 aliphatic rings. The van der Waals surface area contributed by atoms with Gasteiger partial charge >= 0.3 is 0 Å². The second-order valence-electron chi connectivity index (χ2n) is 9.19. The van der Waals surface area contributed by atoms with Gasteiger partial charge in [0.15, 0.2) is 16.6 Å². The summed E-state index contributed by atoms with van der Waals surface area (Å²) in [6.45, 7) is 5.00. The first kappa shape index (κ1) is 21.4. The summed E-state index contributed by atoms with van der Waals surface area (Å²) < 4.78 is 1.74. The molecule has 0 aromatic carbocycles. The highest BCUT2D eigenvalue weighted by molar-refractivity contribution is 7.14. The molecular formula is C25H27N7OS. The maximum Gasteiger partial charge on any atom is 0.258 e. The minimum Gasteiger partial charge on any atom is -0.298 e. The van der Waals surface area contributed by atoms with E-state index in [0.717, 1.165) is 54.9 Å². The fourth-order valence-corrected chi connectivity index (χ4v) is 5.36. The second-order valence-corrected chi connectivity index (χ2v) is 10.0. The van der Waals surface area contributed by atoms with Crippen LogP contribution in [0.3, 0.4) is 0 Å². The van der Waals surface area contributed by atoms with Crippen molar-refractivity contribution in [1.29, 1.82) is 0 Å². The molecule has 9 heteroatoms. The average Bonchev–Trinajstić information content (AvgIpc) is 3.55. The van der Waals surface area contributed by atoms with Gasteiger partial charge in [0.2, 0.25) is 0 Å². The lowest BCUT2D eigenvalue weighted by Crippen LogP contribution is -2.29. The molecule has 4 aromatic heterocycles. The minimum absolute atomic E-state index is 0.170. The van der Waals surface area contributed by atoms with Crippen LogP contribution in [-0.2, 0) is 6.54 Å². The van der Waals surface area contributed by atoms with E-state index in [1.807, 2.05) is 36.6 Å². The van der Waals surface area contributed by atoms with Gasteiger partial charge in [-0.15, -0.1) is 11.3 Å². The lowest BCUT2D eigenvalue weighted by Gasteiger charge is -2.25. The van der Waals surface area contributed by atoms with Gasteiger partial charge in [-0.25, -0.2) is 15.0 Å². The number of rotatable bonds is 6. The first-order chi connectivity index (χ1) is 16.7. The van der Waals surface area contributed by atoms with E-state index in [2.05, 4.69) is 15.2 Å². The van der Waals surface area contributed by atoms with Crippen molar-refractivity contribution in [2.24, 2.45) is 0 Å². The Morgan fingerprint density at radius 3 is 2.79 bits per heavy atom. The van der Waals surface area contributed by atoms with Gasteiger partial charge in [-0.05, 0) is 63.9 Å². The Morgan fingerprint density at radius 1 is 1.18 bits per heavy atom. The predicted octanol–water partition coefficient (Wildman–Crippen LogP) is 4.70. The number of hydrogen-bond acceptors (Lipinski definition) is 7. The molecule has 8 nitrogen and oxygen atoms in total. The smallest absolute Gasteiger partial charge is 0.258 e. The normalized spacial score (nSPS) is 16.7.